The number of benzene rings is 1. The number of hydrogen-bond donors (Lipinski definition) is 1. The van der Waals surface area contributed by atoms with Crippen molar-refractivity contribution in [1.82, 2.24) is 9.78 Å². The highest BCUT2D eigenvalue weighted by Crippen LogP contribution is 2.43. The van der Waals surface area contributed by atoms with E-state index in [1.54, 1.807) is 39.1 Å². The first-order valence-corrected chi connectivity index (χ1v) is 8.98. The van der Waals surface area contributed by atoms with Crippen LogP contribution in [0.15, 0.2) is 23.0 Å². The summed E-state index contributed by atoms with van der Waals surface area (Å²) in [5, 5.41) is 24.4. The molecule has 1 aliphatic carbocycles. The van der Waals surface area contributed by atoms with Gasteiger partial charge in [0.1, 0.15) is 17.5 Å². The predicted molar refractivity (Wildman–Crippen MR) is 96.7 cm³/mol. The Bertz CT molecular complexity index is 1020. The summed E-state index contributed by atoms with van der Waals surface area (Å²) < 4.78 is 13.4. The number of nitrogens with zero attached hydrogens (tertiary/aromatic N) is 3. The van der Waals surface area contributed by atoms with Gasteiger partial charge in [-0.05, 0) is 51.3 Å². The number of aromatic nitrogens is 2. The van der Waals surface area contributed by atoms with E-state index in [0.717, 1.165) is 24.0 Å². The number of aliphatic hydroxyl groups is 1. The summed E-state index contributed by atoms with van der Waals surface area (Å²) in [4.78, 5) is 12.3. The first-order valence-electron chi connectivity index (χ1n) is 8.98. The molecule has 0 amide bonds. The van der Waals surface area contributed by atoms with E-state index in [0.29, 0.717) is 29.2 Å². The Kier molecular flexibility index (Phi) is 3.97. The van der Waals surface area contributed by atoms with Crippen LogP contribution in [-0.2, 0) is 19.9 Å². The Balaban J connectivity index is 1.83. The first kappa shape index (κ1) is 17.6. The van der Waals surface area contributed by atoms with Gasteiger partial charge in [0.25, 0.3) is 5.56 Å². The Morgan fingerprint density at radius 1 is 1.37 bits per heavy atom. The molecule has 2 aromatic rings. The Labute approximate surface area is 156 Å². The highest BCUT2D eigenvalue weighted by molar-refractivity contribution is 5.46. The number of fused-ring (bicyclic) bond motifs is 2. The van der Waals surface area contributed by atoms with E-state index in [2.05, 4.69) is 11.2 Å². The van der Waals surface area contributed by atoms with Crippen LogP contribution in [0.4, 0.5) is 0 Å². The smallest absolute Gasteiger partial charge is 0.270 e. The second kappa shape index (κ2) is 6.10. The maximum Gasteiger partial charge on any atom is 0.270 e. The minimum atomic E-state index is -0.977. The van der Waals surface area contributed by atoms with Crippen molar-refractivity contribution in [3.05, 3.63) is 50.8 Å². The summed E-state index contributed by atoms with van der Waals surface area (Å²) in [7, 11) is 1.60. The number of aryl methyl sites for hydroxylation is 1. The molecule has 0 fully saturated rings. The normalized spacial score (nSPS) is 22.3. The van der Waals surface area contributed by atoms with Crippen LogP contribution >= 0.6 is 0 Å². The molecule has 2 atom stereocenters. The number of rotatable bonds is 2. The van der Waals surface area contributed by atoms with Gasteiger partial charge >= 0.3 is 0 Å². The maximum absolute atomic E-state index is 12.3. The number of ether oxygens (including phenoxy) is 2. The second-order valence-electron chi connectivity index (χ2n) is 7.60. The van der Waals surface area contributed by atoms with Crippen LogP contribution in [0, 0.1) is 11.3 Å². The van der Waals surface area contributed by atoms with Crippen molar-refractivity contribution in [3.63, 3.8) is 0 Å². The average Bonchev–Trinajstić information content (AvgIpc) is 3.13. The van der Waals surface area contributed by atoms with Gasteiger partial charge in [-0.3, -0.25) is 4.79 Å². The summed E-state index contributed by atoms with van der Waals surface area (Å²) in [5.74, 6) is 0.926. The molecule has 7 heteroatoms. The molecule has 0 saturated heterocycles. The van der Waals surface area contributed by atoms with E-state index in [4.69, 9.17) is 9.47 Å². The molecular weight excluding hydrogens is 346 g/mol. The third kappa shape index (κ3) is 2.77. The topological polar surface area (TPSA) is 97.4 Å². The molecule has 0 unspecified atom stereocenters. The zero-order valence-corrected chi connectivity index (χ0v) is 15.5. The molecule has 27 heavy (non-hydrogen) atoms. The fraction of sp³-hybridized carbons (Fsp3) is 0.450. The van der Waals surface area contributed by atoms with Gasteiger partial charge < -0.3 is 14.6 Å². The van der Waals surface area contributed by atoms with Gasteiger partial charge in [-0.2, -0.15) is 5.26 Å². The summed E-state index contributed by atoms with van der Waals surface area (Å²) in [6, 6.07) is 7.16. The van der Waals surface area contributed by atoms with Crippen molar-refractivity contribution in [2.45, 2.75) is 50.9 Å². The van der Waals surface area contributed by atoms with Crippen molar-refractivity contribution < 1.29 is 14.6 Å². The zero-order chi connectivity index (χ0) is 19.3. The molecule has 2 aliphatic rings. The Morgan fingerprint density at radius 3 is 2.85 bits per heavy atom. The number of hydrogen-bond acceptors (Lipinski definition) is 6. The predicted octanol–water partition coefficient (Wildman–Crippen LogP) is 1.79. The van der Waals surface area contributed by atoms with Gasteiger partial charge in [0, 0.05) is 23.7 Å². The van der Waals surface area contributed by atoms with Gasteiger partial charge in [0.05, 0.1) is 11.6 Å². The molecule has 0 spiro atoms. The van der Waals surface area contributed by atoms with Crippen molar-refractivity contribution in [1.29, 1.82) is 5.26 Å². The average molecular weight is 367 g/mol. The third-order valence-corrected chi connectivity index (χ3v) is 5.32. The summed E-state index contributed by atoms with van der Waals surface area (Å²) in [5.41, 5.74) is 1.62. The Morgan fingerprint density at radius 2 is 2.11 bits per heavy atom. The molecule has 1 aliphatic heterocycles. The lowest BCUT2D eigenvalue weighted by molar-refractivity contribution is -0.104. The quantitative estimate of drug-likeness (QED) is 0.869. The van der Waals surface area contributed by atoms with Crippen molar-refractivity contribution in [3.8, 4) is 17.7 Å². The molecule has 0 radical (unpaired) electrons. The molecular formula is C20H21N3O4. The van der Waals surface area contributed by atoms with Crippen LogP contribution in [0.2, 0.25) is 0 Å². The number of nitriles is 1. The van der Waals surface area contributed by atoms with E-state index in [-0.39, 0.29) is 5.56 Å². The largest absolute Gasteiger partial charge is 0.485 e. The van der Waals surface area contributed by atoms with Gasteiger partial charge in [0.2, 0.25) is 5.88 Å². The van der Waals surface area contributed by atoms with Crippen LogP contribution in [-0.4, -0.2) is 26.6 Å². The minimum absolute atomic E-state index is 0.102. The Hall–Kier alpha value is -2.85. The summed E-state index contributed by atoms with van der Waals surface area (Å²) >= 11 is 0. The molecule has 7 nitrogen and oxygen atoms in total. The van der Waals surface area contributed by atoms with Gasteiger partial charge in [-0.15, -0.1) is 5.10 Å². The van der Waals surface area contributed by atoms with Crippen molar-refractivity contribution >= 4 is 0 Å². The second-order valence-corrected chi connectivity index (χ2v) is 7.60. The third-order valence-electron chi connectivity index (χ3n) is 5.32. The van der Waals surface area contributed by atoms with Gasteiger partial charge in [-0.25, -0.2) is 4.68 Å². The molecule has 140 valence electrons. The highest BCUT2D eigenvalue weighted by atomic mass is 16.5. The molecule has 4 rings (SSSR count). The lowest BCUT2D eigenvalue weighted by atomic mass is 9.87. The van der Waals surface area contributed by atoms with E-state index in [1.165, 1.54) is 4.68 Å². The molecule has 0 bridgehead atoms. The minimum Gasteiger partial charge on any atom is -0.485 e. The summed E-state index contributed by atoms with van der Waals surface area (Å²) in [6.45, 7) is 3.57. The maximum atomic E-state index is 12.3. The van der Waals surface area contributed by atoms with Crippen molar-refractivity contribution in [2.24, 2.45) is 7.05 Å². The molecule has 1 aromatic heterocycles. The lowest BCUT2D eigenvalue weighted by Crippen LogP contribution is -2.50. The molecule has 2 heterocycles. The molecule has 0 saturated carbocycles. The van der Waals surface area contributed by atoms with Gasteiger partial charge in [0.15, 0.2) is 6.10 Å². The molecule has 1 N–H and O–H groups in total. The fourth-order valence-corrected chi connectivity index (χ4v) is 3.81. The molecule has 1 aromatic carbocycles. The first-order chi connectivity index (χ1) is 12.8. The van der Waals surface area contributed by atoms with Crippen LogP contribution in [0.3, 0.4) is 0 Å². The zero-order valence-electron chi connectivity index (χ0n) is 15.5. The highest BCUT2D eigenvalue weighted by Gasteiger charge is 2.45. The summed E-state index contributed by atoms with van der Waals surface area (Å²) in [6.07, 6.45) is 0.574. The monoisotopic (exact) mass is 367 g/mol. The van der Waals surface area contributed by atoms with E-state index in [9.17, 15) is 15.2 Å². The van der Waals surface area contributed by atoms with E-state index < -0.39 is 17.8 Å². The van der Waals surface area contributed by atoms with Crippen molar-refractivity contribution in [2.75, 3.05) is 0 Å². The van der Waals surface area contributed by atoms with E-state index >= 15 is 0 Å². The SMILES string of the molecule is Cn1nc(O[C@H]2c3cc(C#N)ccc3OC(C)(C)[C@@H]2O)c2c(c1=O)CCC2. The fourth-order valence-electron chi connectivity index (χ4n) is 3.81. The lowest BCUT2D eigenvalue weighted by Gasteiger charge is -2.41. The van der Waals surface area contributed by atoms with Crippen LogP contribution in [0.25, 0.3) is 0 Å². The van der Waals surface area contributed by atoms with Crippen LogP contribution < -0.4 is 15.0 Å². The van der Waals surface area contributed by atoms with Gasteiger partial charge in [-0.1, -0.05) is 0 Å². The standard InChI is InChI=1S/C20H21N3O4/c1-20(2)17(24)16(14-9-11(10-21)7-8-15(14)27-20)26-18-12-5-4-6-13(12)19(25)23(3)22-18/h7-9,16-17,24H,4-6H2,1-3H3/t16-,17+/m0/s1. The van der Waals surface area contributed by atoms with Crippen LogP contribution in [0.1, 0.15) is 48.6 Å². The van der Waals surface area contributed by atoms with Crippen LogP contribution in [0.5, 0.6) is 11.6 Å². The van der Waals surface area contributed by atoms with E-state index in [1.807, 2.05) is 0 Å². The number of aliphatic hydroxyl groups excluding tert-OH is 1.